The molecule has 1 aromatic heterocycles. The molecule has 4 heteroatoms. The Morgan fingerprint density at radius 1 is 0.750 bits per heavy atom. The highest BCUT2D eigenvalue weighted by Gasteiger charge is 2.16. The van der Waals surface area contributed by atoms with Gasteiger partial charge in [-0.15, -0.1) is 10.2 Å². The molecule has 0 amide bonds. The van der Waals surface area contributed by atoms with Gasteiger partial charge in [0.2, 0.25) is 0 Å². The quantitative estimate of drug-likeness (QED) is 0.659. The fourth-order valence-corrected chi connectivity index (χ4v) is 2.86. The fraction of sp³-hybridized carbons (Fsp3) is 0.200. The molecule has 2 aromatic carbocycles. The summed E-state index contributed by atoms with van der Waals surface area (Å²) in [5.74, 6) is 0.879. The normalized spacial score (nSPS) is 10.6. The van der Waals surface area contributed by atoms with Gasteiger partial charge in [-0.1, -0.05) is 72.3 Å². The highest BCUT2D eigenvalue weighted by atomic mass is 35.5. The van der Waals surface area contributed by atoms with Gasteiger partial charge in [0.1, 0.15) is 0 Å². The molecule has 0 aliphatic carbocycles. The SMILES string of the molecule is Cc1c(Cl)nnc(N(Cc2ccccc2)Cc2ccccc2)c1C. The molecule has 0 radical (unpaired) electrons. The zero-order valence-corrected chi connectivity index (χ0v) is 14.7. The summed E-state index contributed by atoms with van der Waals surface area (Å²) in [6.07, 6.45) is 0. The zero-order chi connectivity index (χ0) is 16.9. The first-order chi connectivity index (χ1) is 11.6. The van der Waals surface area contributed by atoms with Crippen LogP contribution in [-0.2, 0) is 13.1 Å². The molecule has 3 rings (SSSR count). The molecule has 0 saturated carbocycles. The van der Waals surface area contributed by atoms with E-state index in [9.17, 15) is 0 Å². The number of aromatic nitrogens is 2. The van der Waals surface area contributed by atoms with Crippen molar-refractivity contribution in [3.63, 3.8) is 0 Å². The molecule has 0 aliphatic heterocycles. The van der Waals surface area contributed by atoms with Crippen LogP contribution in [0.2, 0.25) is 5.15 Å². The van der Waals surface area contributed by atoms with Crippen LogP contribution in [0.4, 0.5) is 5.82 Å². The molecule has 3 aromatic rings. The summed E-state index contributed by atoms with van der Waals surface area (Å²) in [5, 5.41) is 8.96. The Bertz CT molecular complexity index is 762. The van der Waals surface area contributed by atoms with E-state index >= 15 is 0 Å². The summed E-state index contributed by atoms with van der Waals surface area (Å²) in [6, 6.07) is 20.8. The molecular formula is C20H20ClN3. The van der Waals surface area contributed by atoms with Crippen LogP contribution < -0.4 is 4.90 Å². The van der Waals surface area contributed by atoms with Crippen molar-refractivity contribution in [1.82, 2.24) is 10.2 Å². The average Bonchev–Trinajstić information content (AvgIpc) is 2.61. The smallest absolute Gasteiger partial charge is 0.155 e. The van der Waals surface area contributed by atoms with Gasteiger partial charge in [-0.3, -0.25) is 0 Å². The largest absolute Gasteiger partial charge is 0.346 e. The molecule has 0 spiro atoms. The van der Waals surface area contributed by atoms with Gasteiger partial charge in [0, 0.05) is 13.1 Å². The summed E-state index contributed by atoms with van der Waals surface area (Å²) in [6.45, 7) is 5.58. The second-order valence-corrected chi connectivity index (χ2v) is 6.25. The third-order valence-electron chi connectivity index (χ3n) is 4.17. The minimum absolute atomic E-state index is 0.468. The lowest BCUT2D eigenvalue weighted by Gasteiger charge is -2.26. The number of benzene rings is 2. The fourth-order valence-electron chi connectivity index (χ4n) is 2.68. The summed E-state index contributed by atoms with van der Waals surface area (Å²) < 4.78 is 0. The molecule has 0 unspecified atom stereocenters. The van der Waals surface area contributed by atoms with Crippen LogP contribution in [0.25, 0.3) is 0 Å². The lowest BCUT2D eigenvalue weighted by atomic mass is 10.1. The highest BCUT2D eigenvalue weighted by Crippen LogP contribution is 2.26. The number of hydrogen-bond acceptors (Lipinski definition) is 3. The third-order valence-corrected chi connectivity index (χ3v) is 4.53. The van der Waals surface area contributed by atoms with E-state index in [1.807, 2.05) is 26.0 Å². The molecule has 3 nitrogen and oxygen atoms in total. The molecule has 1 heterocycles. The third kappa shape index (κ3) is 3.74. The molecule has 122 valence electrons. The maximum Gasteiger partial charge on any atom is 0.155 e. The van der Waals surface area contributed by atoms with E-state index in [-0.39, 0.29) is 0 Å². The summed E-state index contributed by atoms with van der Waals surface area (Å²) in [4.78, 5) is 2.25. The molecule has 0 N–H and O–H groups in total. The van der Waals surface area contributed by atoms with E-state index in [4.69, 9.17) is 11.6 Å². The molecular weight excluding hydrogens is 318 g/mol. The van der Waals surface area contributed by atoms with Crippen LogP contribution in [0.15, 0.2) is 60.7 Å². The lowest BCUT2D eigenvalue weighted by Crippen LogP contribution is -2.24. The number of hydrogen-bond donors (Lipinski definition) is 0. The Morgan fingerprint density at radius 2 is 1.25 bits per heavy atom. The molecule has 0 fully saturated rings. The first kappa shape index (κ1) is 16.5. The van der Waals surface area contributed by atoms with Crippen LogP contribution in [0.5, 0.6) is 0 Å². The van der Waals surface area contributed by atoms with Gasteiger partial charge in [0.25, 0.3) is 0 Å². The van der Waals surface area contributed by atoms with Gasteiger partial charge in [0.15, 0.2) is 11.0 Å². The summed E-state index contributed by atoms with van der Waals surface area (Å²) >= 11 is 6.12. The maximum atomic E-state index is 6.12. The number of rotatable bonds is 5. The van der Waals surface area contributed by atoms with Crippen molar-refractivity contribution in [2.24, 2.45) is 0 Å². The molecule has 0 bridgehead atoms. The topological polar surface area (TPSA) is 29.0 Å². The van der Waals surface area contributed by atoms with Crippen molar-refractivity contribution in [2.75, 3.05) is 4.90 Å². The molecule has 24 heavy (non-hydrogen) atoms. The second kappa shape index (κ2) is 7.45. The van der Waals surface area contributed by atoms with E-state index in [0.717, 1.165) is 30.0 Å². The maximum absolute atomic E-state index is 6.12. The van der Waals surface area contributed by atoms with Gasteiger partial charge < -0.3 is 4.90 Å². The highest BCUT2D eigenvalue weighted by molar-refractivity contribution is 6.30. The molecule has 0 aliphatic rings. The van der Waals surface area contributed by atoms with Crippen molar-refractivity contribution >= 4 is 17.4 Å². The van der Waals surface area contributed by atoms with E-state index < -0.39 is 0 Å². The van der Waals surface area contributed by atoms with Gasteiger partial charge in [-0.05, 0) is 36.1 Å². The van der Waals surface area contributed by atoms with Crippen LogP contribution in [0.3, 0.4) is 0 Å². The zero-order valence-electron chi connectivity index (χ0n) is 13.9. The molecule has 0 saturated heterocycles. The van der Waals surface area contributed by atoms with Gasteiger partial charge in [-0.2, -0.15) is 0 Å². The first-order valence-electron chi connectivity index (χ1n) is 7.97. The standard InChI is InChI=1S/C20H20ClN3/c1-15-16(2)20(23-22-19(15)21)24(13-17-9-5-3-6-10-17)14-18-11-7-4-8-12-18/h3-12H,13-14H2,1-2H3. The number of halogens is 1. The van der Waals surface area contributed by atoms with E-state index in [2.05, 4.69) is 63.6 Å². The van der Waals surface area contributed by atoms with Crippen LogP contribution in [0, 0.1) is 13.8 Å². The first-order valence-corrected chi connectivity index (χ1v) is 8.35. The Kier molecular flexibility index (Phi) is 5.11. The van der Waals surface area contributed by atoms with Crippen LogP contribution >= 0.6 is 11.6 Å². The second-order valence-electron chi connectivity index (χ2n) is 5.89. The monoisotopic (exact) mass is 337 g/mol. The van der Waals surface area contributed by atoms with Crippen LogP contribution in [-0.4, -0.2) is 10.2 Å². The van der Waals surface area contributed by atoms with Crippen molar-refractivity contribution in [2.45, 2.75) is 26.9 Å². The minimum atomic E-state index is 0.468. The predicted molar refractivity (Wildman–Crippen MR) is 99.3 cm³/mol. The summed E-state index contributed by atoms with van der Waals surface area (Å²) in [7, 11) is 0. The van der Waals surface area contributed by atoms with Crippen molar-refractivity contribution < 1.29 is 0 Å². The Morgan fingerprint density at radius 3 is 1.75 bits per heavy atom. The summed E-state index contributed by atoms with van der Waals surface area (Å²) in [5.41, 5.74) is 4.53. The van der Waals surface area contributed by atoms with Crippen molar-refractivity contribution in [3.8, 4) is 0 Å². The lowest BCUT2D eigenvalue weighted by molar-refractivity contribution is 0.761. The molecule has 0 atom stereocenters. The number of nitrogens with zero attached hydrogens (tertiary/aromatic N) is 3. The van der Waals surface area contributed by atoms with Crippen molar-refractivity contribution in [1.29, 1.82) is 0 Å². The van der Waals surface area contributed by atoms with Crippen molar-refractivity contribution in [3.05, 3.63) is 88.1 Å². The van der Waals surface area contributed by atoms with E-state index in [1.54, 1.807) is 0 Å². The van der Waals surface area contributed by atoms with Gasteiger partial charge in [0.05, 0.1) is 0 Å². The van der Waals surface area contributed by atoms with E-state index in [0.29, 0.717) is 5.15 Å². The van der Waals surface area contributed by atoms with Gasteiger partial charge in [-0.25, -0.2) is 0 Å². The Hall–Kier alpha value is -2.39. The Labute approximate surface area is 147 Å². The number of anilines is 1. The van der Waals surface area contributed by atoms with Gasteiger partial charge >= 0.3 is 0 Å². The Balaban J connectivity index is 1.97. The average molecular weight is 338 g/mol. The minimum Gasteiger partial charge on any atom is -0.346 e. The van der Waals surface area contributed by atoms with E-state index in [1.165, 1.54) is 11.1 Å². The van der Waals surface area contributed by atoms with Crippen LogP contribution in [0.1, 0.15) is 22.3 Å². The predicted octanol–water partition coefficient (Wildman–Crippen LogP) is 4.95.